The van der Waals surface area contributed by atoms with Gasteiger partial charge in [-0.1, -0.05) is 0 Å². The normalized spacial score (nSPS) is 11.6. The highest BCUT2D eigenvalue weighted by atomic mass is 32.2. The molecule has 6 nitrogen and oxygen atoms in total. The van der Waals surface area contributed by atoms with E-state index in [2.05, 4.69) is 5.10 Å². The SMILES string of the molecule is COc1nn(C)cc1S(N)(=O)=O. The van der Waals surface area contributed by atoms with Crippen LogP contribution in [0.15, 0.2) is 11.1 Å². The van der Waals surface area contributed by atoms with E-state index in [9.17, 15) is 8.42 Å². The van der Waals surface area contributed by atoms with E-state index in [0.717, 1.165) is 0 Å². The number of primary sulfonamides is 1. The molecule has 0 aromatic carbocycles. The van der Waals surface area contributed by atoms with E-state index in [1.54, 1.807) is 7.05 Å². The van der Waals surface area contributed by atoms with Gasteiger partial charge in [-0.3, -0.25) is 4.68 Å². The zero-order valence-electron chi connectivity index (χ0n) is 6.68. The number of hydrogen-bond donors (Lipinski definition) is 1. The summed E-state index contributed by atoms with van der Waals surface area (Å²) in [5.74, 6) is 0.0139. The second kappa shape index (κ2) is 2.76. The number of rotatable bonds is 2. The Kier molecular flexibility index (Phi) is 2.07. The summed E-state index contributed by atoms with van der Waals surface area (Å²) in [6.07, 6.45) is 1.29. The number of ether oxygens (including phenoxy) is 1. The van der Waals surface area contributed by atoms with Gasteiger partial charge in [-0.2, -0.15) is 0 Å². The van der Waals surface area contributed by atoms with Crippen molar-refractivity contribution in [1.82, 2.24) is 9.78 Å². The monoisotopic (exact) mass is 191 g/mol. The van der Waals surface area contributed by atoms with Crippen molar-refractivity contribution in [3.63, 3.8) is 0 Å². The van der Waals surface area contributed by atoms with Crippen LogP contribution in [0.25, 0.3) is 0 Å². The van der Waals surface area contributed by atoms with Gasteiger partial charge in [0.25, 0.3) is 5.88 Å². The van der Waals surface area contributed by atoms with Crippen LogP contribution in [0.2, 0.25) is 0 Å². The number of aromatic nitrogens is 2. The molecule has 1 aromatic rings. The van der Waals surface area contributed by atoms with Crippen LogP contribution in [0.1, 0.15) is 0 Å². The summed E-state index contributed by atoms with van der Waals surface area (Å²) in [6, 6.07) is 0. The Labute approximate surface area is 70.0 Å². The van der Waals surface area contributed by atoms with Gasteiger partial charge < -0.3 is 4.74 Å². The Morgan fingerprint density at radius 2 is 2.25 bits per heavy atom. The summed E-state index contributed by atoms with van der Waals surface area (Å²) in [7, 11) is -0.822. The molecule has 0 fully saturated rings. The minimum absolute atomic E-state index is 0.0139. The van der Waals surface area contributed by atoms with Crippen molar-refractivity contribution in [2.24, 2.45) is 12.2 Å². The molecule has 12 heavy (non-hydrogen) atoms. The van der Waals surface area contributed by atoms with Gasteiger partial charge in [0.2, 0.25) is 10.0 Å². The van der Waals surface area contributed by atoms with E-state index < -0.39 is 10.0 Å². The van der Waals surface area contributed by atoms with Crippen molar-refractivity contribution in [2.45, 2.75) is 4.90 Å². The smallest absolute Gasteiger partial charge is 0.252 e. The molecule has 0 unspecified atom stereocenters. The van der Waals surface area contributed by atoms with E-state index in [1.165, 1.54) is 18.0 Å². The lowest BCUT2D eigenvalue weighted by molar-refractivity contribution is 0.382. The highest BCUT2D eigenvalue weighted by Crippen LogP contribution is 2.18. The molecule has 1 aromatic heterocycles. The Morgan fingerprint density at radius 1 is 1.67 bits per heavy atom. The van der Waals surface area contributed by atoms with Gasteiger partial charge in [-0.15, -0.1) is 5.10 Å². The van der Waals surface area contributed by atoms with Crippen LogP contribution < -0.4 is 9.88 Å². The third kappa shape index (κ3) is 1.56. The average molecular weight is 191 g/mol. The molecule has 68 valence electrons. The highest BCUT2D eigenvalue weighted by Gasteiger charge is 2.18. The molecule has 1 rings (SSSR count). The summed E-state index contributed by atoms with van der Waals surface area (Å²) in [6.45, 7) is 0. The van der Waals surface area contributed by atoms with Crippen molar-refractivity contribution in [3.8, 4) is 5.88 Å². The highest BCUT2D eigenvalue weighted by molar-refractivity contribution is 7.89. The first-order chi connectivity index (χ1) is 5.45. The first-order valence-corrected chi connectivity index (χ1v) is 4.60. The number of aryl methyl sites for hydroxylation is 1. The first-order valence-electron chi connectivity index (χ1n) is 3.05. The Balaban J connectivity index is 3.33. The Bertz CT molecular complexity index is 381. The maximum absolute atomic E-state index is 10.9. The van der Waals surface area contributed by atoms with E-state index in [-0.39, 0.29) is 10.8 Å². The third-order valence-electron chi connectivity index (χ3n) is 1.26. The molecule has 0 saturated heterocycles. The summed E-state index contributed by atoms with van der Waals surface area (Å²) in [4.78, 5) is -0.104. The van der Waals surface area contributed by atoms with Crippen molar-refractivity contribution in [2.75, 3.05) is 7.11 Å². The average Bonchev–Trinajstić information content (AvgIpc) is 2.29. The lowest BCUT2D eigenvalue weighted by Crippen LogP contribution is -2.12. The first kappa shape index (κ1) is 9.01. The molecule has 1 heterocycles. The lowest BCUT2D eigenvalue weighted by atomic mass is 10.7. The largest absolute Gasteiger partial charge is 0.479 e. The fraction of sp³-hybridized carbons (Fsp3) is 0.400. The standard InChI is InChI=1S/C5H9N3O3S/c1-8-3-4(12(6,9)10)5(7-8)11-2/h3H,1-2H3,(H2,6,9,10). The van der Waals surface area contributed by atoms with E-state index in [0.29, 0.717) is 0 Å². The van der Waals surface area contributed by atoms with Crippen LogP contribution in [0.3, 0.4) is 0 Å². The van der Waals surface area contributed by atoms with Gasteiger partial charge in [0.05, 0.1) is 7.11 Å². The molecule has 7 heteroatoms. The molecule has 0 atom stereocenters. The zero-order valence-corrected chi connectivity index (χ0v) is 7.50. The maximum atomic E-state index is 10.9. The third-order valence-corrected chi connectivity index (χ3v) is 2.16. The summed E-state index contributed by atoms with van der Waals surface area (Å²) in [5, 5.41) is 8.62. The van der Waals surface area contributed by atoms with Crippen molar-refractivity contribution in [1.29, 1.82) is 0 Å². The predicted molar refractivity (Wildman–Crippen MR) is 41.1 cm³/mol. The lowest BCUT2D eigenvalue weighted by Gasteiger charge is -1.95. The molecule has 0 radical (unpaired) electrons. The number of methoxy groups -OCH3 is 1. The number of nitrogens with zero attached hydrogens (tertiary/aromatic N) is 2. The Morgan fingerprint density at radius 3 is 2.58 bits per heavy atom. The molecular weight excluding hydrogens is 182 g/mol. The molecule has 0 spiro atoms. The fourth-order valence-corrected chi connectivity index (χ4v) is 1.45. The second-order valence-corrected chi connectivity index (χ2v) is 3.75. The van der Waals surface area contributed by atoms with Crippen LogP contribution in [0.4, 0.5) is 0 Å². The number of nitrogens with two attached hydrogens (primary N) is 1. The zero-order chi connectivity index (χ0) is 9.35. The van der Waals surface area contributed by atoms with E-state index in [4.69, 9.17) is 9.88 Å². The number of sulfonamides is 1. The number of hydrogen-bond acceptors (Lipinski definition) is 4. The van der Waals surface area contributed by atoms with E-state index >= 15 is 0 Å². The quantitative estimate of drug-likeness (QED) is 0.654. The summed E-state index contributed by atoms with van der Waals surface area (Å²) in [5.41, 5.74) is 0. The topological polar surface area (TPSA) is 87.2 Å². The van der Waals surface area contributed by atoms with Crippen LogP contribution in [0.5, 0.6) is 5.88 Å². The van der Waals surface area contributed by atoms with Crippen LogP contribution >= 0.6 is 0 Å². The van der Waals surface area contributed by atoms with Gasteiger partial charge in [0, 0.05) is 13.2 Å². The summed E-state index contributed by atoms with van der Waals surface area (Å²) >= 11 is 0. The van der Waals surface area contributed by atoms with Gasteiger partial charge in [-0.05, 0) is 0 Å². The second-order valence-electron chi connectivity index (χ2n) is 2.22. The molecule has 0 aliphatic heterocycles. The van der Waals surface area contributed by atoms with Crippen LogP contribution in [0, 0.1) is 0 Å². The van der Waals surface area contributed by atoms with Crippen molar-refractivity contribution < 1.29 is 13.2 Å². The molecule has 0 aliphatic rings. The van der Waals surface area contributed by atoms with Gasteiger partial charge in [-0.25, -0.2) is 13.6 Å². The van der Waals surface area contributed by atoms with Gasteiger partial charge >= 0.3 is 0 Å². The molecule has 0 aliphatic carbocycles. The summed E-state index contributed by atoms with van der Waals surface area (Å²) < 4.78 is 27.8. The van der Waals surface area contributed by atoms with Crippen LogP contribution in [-0.4, -0.2) is 25.3 Å². The molecular formula is C5H9N3O3S. The van der Waals surface area contributed by atoms with E-state index in [1.807, 2.05) is 0 Å². The maximum Gasteiger partial charge on any atom is 0.252 e. The molecule has 0 amide bonds. The van der Waals surface area contributed by atoms with Crippen molar-refractivity contribution >= 4 is 10.0 Å². The minimum atomic E-state index is -3.73. The predicted octanol–water partition coefficient (Wildman–Crippen LogP) is -0.924. The van der Waals surface area contributed by atoms with Gasteiger partial charge in [0.1, 0.15) is 0 Å². The molecule has 0 saturated carbocycles. The van der Waals surface area contributed by atoms with Gasteiger partial charge in [0.15, 0.2) is 4.90 Å². The molecule has 2 N–H and O–H groups in total. The Hall–Kier alpha value is -1.08. The molecule has 0 bridgehead atoms. The minimum Gasteiger partial charge on any atom is -0.479 e. The van der Waals surface area contributed by atoms with Crippen LogP contribution in [-0.2, 0) is 17.1 Å². The fourth-order valence-electron chi connectivity index (χ4n) is 0.783. The van der Waals surface area contributed by atoms with Crippen molar-refractivity contribution in [3.05, 3.63) is 6.20 Å².